The molecule has 2 aromatic rings. The van der Waals surface area contributed by atoms with Gasteiger partial charge in [-0.2, -0.15) is 0 Å². The summed E-state index contributed by atoms with van der Waals surface area (Å²) in [4.78, 5) is 14.7. The van der Waals surface area contributed by atoms with Crippen molar-refractivity contribution in [3.05, 3.63) is 29.8 Å². The van der Waals surface area contributed by atoms with Gasteiger partial charge in [-0.25, -0.2) is 0 Å². The second kappa shape index (κ2) is 3.85. The van der Waals surface area contributed by atoms with Crippen LogP contribution in [-0.2, 0) is 6.42 Å². The van der Waals surface area contributed by atoms with E-state index in [0.717, 1.165) is 29.2 Å². The van der Waals surface area contributed by atoms with Gasteiger partial charge >= 0.3 is 0 Å². The first-order valence-corrected chi connectivity index (χ1v) is 5.02. The van der Waals surface area contributed by atoms with Crippen LogP contribution in [0.25, 0.3) is 11.0 Å². The Labute approximate surface area is 88.1 Å². The van der Waals surface area contributed by atoms with E-state index in [4.69, 9.17) is 4.42 Å². The van der Waals surface area contributed by atoms with E-state index in [9.17, 15) is 4.79 Å². The molecular weight excluding hydrogens is 190 g/mol. The summed E-state index contributed by atoms with van der Waals surface area (Å²) in [6.45, 7) is 4.28. The average molecular weight is 203 g/mol. The molecule has 0 saturated carbocycles. The molecule has 0 amide bonds. The van der Waals surface area contributed by atoms with Gasteiger partial charge in [0.1, 0.15) is 5.58 Å². The number of pyridine rings is 1. The second-order valence-electron chi connectivity index (χ2n) is 4.08. The Hall–Kier alpha value is -1.64. The summed E-state index contributed by atoms with van der Waals surface area (Å²) in [6, 6.07) is 1.72. The van der Waals surface area contributed by atoms with Gasteiger partial charge < -0.3 is 4.42 Å². The Morgan fingerprint density at radius 1 is 1.47 bits per heavy atom. The Morgan fingerprint density at radius 2 is 2.27 bits per heavy atom. The maximum absolute atomic E-state index is 10.6. The lowest BCUT2D eigenvalue weighted by atomic mass is 10.0. The zero-order valence-electron chi connectivity index (χ0n) is 8.86. The number of hydrogen-bond donors (Lipinski definition) is 0. The van der Waals surface area contributed by atoms with Crippen molar-refractivity contribution in [1.29, 1.82) is 0 Å². The number of aromatic nitrogens is 1. The maximum atomic E-state index is 10.6. The molecular formula is C12H13NO2. The van der Waals surface area contributed by atoms with Gasteiger partial charge in [0.2, 0.25) is 0 Å². The van der Waals surface area contributed by atoms with Crippen LogP contribution in [0.4, 0.5) is 0 Å². The SMILES string of the molecule is CC(C)Cc1cncc2cc(C=O)oc12. The summed E-state index contributed by atoms with van der Waals surface area (Å²) in [6.07, 6.45) is 5.16. The van der Waals surface area contributed by atoms with E-state index in [1.54, 1.807) is 18.5 Å². The first-order valence-electron chi connectivity index (χ1n) is 5.02. The number of nitrogens with zero attached hydrogens (tertiary/aromatic N) is 1. The molecule has 2 rings (SSSR count). The Kier molecular flexibility index (Phi) is 2.54. The van der Waals surface area contributed by atoms with Gasteiger partial charge in [0.15, 0.2) is 12.0 Å². The van der Waals surface area contributed by atoms with Crippen molar-refractivity contribution in [2.24, 2.45) is 5.92 Å². The maximum Gasteiger partial charge on any atom is 0.185 e. The van der Waals surface area contributed by atoms with Crippen molar-refractivity contribution < 1.29 is 9.21 Å². The zero-order chi connectivity index (χ0) is 10.8. The van der Waals surface area contributed by atoms with Gasteiger partial charge in [0, 0.05) is 23.3 Å². The molecule has 0 saturated heterocycles. The molecule has 0 unspecified atom stereocenters. The summed E-state index contributed by atoms with van der Waals surface area (Å²) < 4.78 is 5.44. The third kappa shape index (κ3) is 1.91. The number of furan rings is 1. The predicted octanol–water partition coefficient (Wildman–Crippen LogP) is 2.84. The molecule has 2 aromatic heterocycles. The smallest absolute Gasteiger partial charge is 0.185 e. The summed E-state index contributed by atoms with van der Waals surface area (Å²) in [5, 5.41) is 0.898. The van der Waals surface area contributed by atoms with Gasteiger partial charge in [-0.05, 0) is 18.4 Å². The predicted molar refractivity (Wildman–Crippen MR) is 57.9 cm³/mol. The molecule has 0 atom stereocenters. The van der Waals surface area contributed by atoms with Crippen molar-refractivity contribution >= 4 is 17.3 Å². The van der Waals surface area contributed by atoms with Crippen LogP contribution in [0.5, 0.6) is 0 Å². The average Bonchev–Trinajstić information content (AvgIpc) is 2.61. The van der Waals surface area contributed by atoms with Crippen molar-refractivity contribution in [3.63, 3.8) is 0 Å². The number of rotatable bonds is 3. The van der Waals surface area contributed by atoms with E-state index >= 15 is 0 Å². The van der Waals surface area contributed by atoms with Crippen LogP contribution in [0.2, 0.25) is 0 Å². The van der Waals surface area contributed by atoms with Gasteiger partial charge in [0.05, 0.1) is 0 Å². The molecule has 0 spiro atoms. The van der Waals surface area contributed by atoms with Crippen LogP contribution in [0.15, 0.2) is 22.9 Å². The fourth-order valence-corrected chi connectivity index (χ4v) is 1.68. The number of carbonyl (C=O) groups is 1. The van der Waals surface area contributed by atoms with Gasteiger partial charge in [-0.1, -0.05) is 13.8 Å². The lowest BCUT2D eigenvalue weighted by molar-refractivity contribution is 0.110. The summed E-state index contributed by atoms with van der Waals surface area (Å²) >= 11 is 0. The topological polar surface area (TPSA) is 43.1 Å². The summed E-state index contributed by atoms with van der Waals surface area (Å²) in [5.41, 5.74) is 1.86. The molecule has 3 heteroatoms. The standard InChI is InChI=1S/C12H13NO2/c1-8(2)3-9-5-13-6-10-4-11(7-14)15-12(9)10/h4-8H,3H2,1-2H3. The van der Waals surface area contributed by atoms with Gasteiger partial charge in [-0.3, -0.25) is 9.78 Å². The molecule has 0 aliphatic heterocycles. The normalized spacial score (nSPS) is 11.1. The number of aldehydes is 1. The third-order valence-electron chi connectivity index (χ3n) is 2.26. The number of fused-ring (bicyclic) bond motifs is 1. The van der Waals surface area contributed by atoms with Crippen LogP contribution >= 0.6 is 0 Å². The molecule has 3 nitrogen and oxygen atoms in total. The summed E-state index contributed by atoms with van der Waals surface area (Å²) in [7, 11) is 0. The molecule has 0 bridgehead atoms. The second-order valence-corrected chi connectivity index (χ2v) is 4.08. The van der Waals surface area contributed by atoms with Crippen LogP contribution in [0.3, 0.4) is 0 Å². The Morgan fingerprint density at radius 3 is 2.93 bits per heavy atom. The molecule has 78 valence electrons. The van der Waals surface area contributed by atoms with E-state index in [-0.39, 0.29) is 0 Å². The van der Waals surface area contributed by atoms with E-state index in [1.165, 1.54) is 0 Å². The van der Waals surface area contributed by atoms with Crippen molar-refractivity contribution in [2.75, 3.05) is 0 Å². The molecule has 2 heterocycles. The first kappa shape index (κ1) is 9.90. The first-order chi connectivity index (χ1) is 7.20. The van der Waals surface area contributed by atoms with Crippen LogP contribution < -0.4 is 0 Å². The van der Waals surface area contributed by atoms with E-state index < -0.39 is 0 Å². The highest BCUT2D eigenvalue weighted by Gasteiger charge is 2.09. The van der Waals surface area contributed by atoms with E-state index in [0.29, 0.717) is 11.7 Å². The minimum absolute atomic E-state index is 0.364. The van der Waals surface area contributed by atoms with Gasteiger partial charge in [-0.15, -0.1) is 0 Å². The van der Waals surface area contributed by atoms with Crippen LogP contribution in [0, 0.1) is 5.92 Å². The highest BCUT2D eigenvalue weighted by atomic mass is 16.3. The minimum atomic E-state index is 0.364. The fraction of sp³-hybridized carbons (Fsp3) is 0.333. The highest BCUT2D eigenvalue weighted by Crippen LogP contribution is 2.23. The largest absolute Gasteiger partial charge is 0.453 e. The van der Waals surface area contributed by atoms with Crippen molar-refractivity contribution in [3.8, 4) is 0 Å². The lowest BCUT2D eigenvalue weighted by Gasteiger charge is -2.04. The quantitative estimate of drug-likeness (QED) is 0.720. The molecule has 0 fully saturated rings. The third-order valence-corrected chi connectivity index (χ3v) is 2.26. The van der Waals surface area contributed by atoms with Crippen LogP contribution in [-0.4, -0.2) is 11.3 Å². The molecule has 15 heavy (non-hydrogen) atoms. The highest BCUT2D eigenvalue weighted by molar-refractivity contribution is 5.86. The summed E-state index contributed by atoms with van der Waals surface area (Å²) in [5.74, 6) is 0.908. The lowest BCUT2D eigenvalue weighted by Crippen LogP contribution is -1.94. The zero-order valence-corrected chi connectivity index (χ0v) is 8.86. The minimum Gasteiger partial charge on any atom is -0.453 e. The van der Waals surface area contributed by atoms with E-state index in [1.807, 2.05) is 0 Å². The van der Waals surface area contributed by atoms with Crippen LogP contribution in [0.1, 0.15) is 30.0 Å². The van der Waals surface area contributed by atoms with E-state index in [2.05, 4.69) is 18.8 Å². The molecule has 0 N–H and O–H groups in total. The molecule has 0 aliphatic carbocycles. The number of hydrogen-bond acceptors (Lipinski definition) is 3. The molecule has 0 aromatic carbocycles. The van der Waals surface area contributed by atoms with Gasteiger partial charge in [0.25, 0.3) is 0 Å². The molecule has 0 aliphatic rings. The fourth-order valence-electron chi connectivity index (χ4n) is 1.68. The Balaban J connectivity index is 2.54. The Bertz CT molecular complexity index is 485. The van der Waals surface area contributed by atoms with Crippen molar-refractivity contribution in [2.45, 2.75) is 20.3 Å². The monoisotopic (exact) mass is 203 g/mol. The van der Waals surface area contributed by atoms with Crippen molar-refractivity contribution in [1.82, 2.24) is 4.98 Å². The number of carbonyl (C=O) groups excluding carboxylic acids is 1. The molecule has 0 radical (unpaired) electrons.